The van der Waals surface area contributed by atoms with Crippen molar-refractivity contribution in [3.63, 3.8) is 0 Å². The van der Waals surface area contributed by atoms with E-state index in [1.54, 1.807) is 0 Å². The van der Waals surface area contributed by atoms with E-state index in [2.05, 4.69) is 5.32 Å². The van der Waals surface area contributed by atoms with Crippen LogP contribution < -0.4 is 11.1 Å². The van der Waals surface area contributed by atoms with Gasteiger partial charge in [0, 0.05) is 25.3 Å². The van der Waals surface area contributed by atoms with Gasteiger partial charge in [0.05, 0.1) is 0 Å². The number of rotatable bonds is 5. The SMILES string of the molecule is CC(C)(C)OC(=O)N1CCC(CCNCc2ccccc2N)C1. The van der Waals surface area contributed by atoms with E-state index in [1.165, 1.54) is 0 Å². The van der Waals surface area contributed by atoms with Crippen LogP contribution >= 0.6 is 0 Å². The van der Waals surface area contributed by atoms with Gasteiger partial charge in [-0.3, -0.25) is 0 Å². The Morgan fingerprint density at radius 1 is 1.39 bits per heavy atom. The number of nitrogen functional groups attached to an aromatic ring is 1. The minimum Gasteiger partial charge on any atom is -0.444 e. The van der Waals surface area contributed by atoms with E-state index in [0.717, 1.165) is 50.3 Å². The average Bonchev–Trinajstić information content (AvgIpc) is 2.92. The zero-order valence-corrected chi connectivity index (χ0v) is 14.5. The lowest BCUT2D eigenvalue weighted by Gasteiger charge is -2.24. The fourth-order valence-corrected chi connectivity index (χ4v) is 2.79. The molecule has 3 N–H and O–H groups in total. The summed E-state index contributed by atoms with van der Waals surface area (Å²) < 4.78 is 5.42. The third kappa shape index (κ3) is 5.75. The molecular formula is C18H29N3O2. The van der Waals surface area contributed by atoms with Crippen molar-refractivity contribution in [3.05, 3.63) is 29.8 Å². The molecule has 23 heavy (non-hydrogen) atoms. The Bertz CT molecular complexity index is 525. The normalized spacial score (nSPS) is 18.2. The first-order chi connectivity index (χ1) is 10.8. The van der Waals surface area contributed by atoms with E-state index in [0.29, 0.717) is 5.92 Å². The van der Waals surface area contributed by atoms with Gasteiger partial charge in [-0.2, -0.15) is 0 Å². The third-order valence-corrected chi connectivity index (χ3v) is 4.04. The maximum Gasteiger partial charge on any atom is 0.410 e. The van der Waals surface area contributed by atoms with Gasteiger partial charge in [-0.1, -0.05) is 18.2 Å². The maximum atomic E-state index is 12.0. The number of carbonyl (C=O) groups is 1. The van der Waals surface area contributed by atoms with E-state index in [4.69, 9.17) is 10.5 Å². The monoisotopic (exact) mass is 319 g/mol. The topological polar surface area (TPSA) is 67.6 Å². The number of benzene rings is 1. The highest BCUT2D eigenvalue weighted by Crippen LogP contribution is 2.21. The van der Waals surface area contributed by atoms with E-state index in [1.807, 2.05) is 49.9 Å². The summed E-state index contributed by atoms with van der Waals surface area (Å²) in [6.45, 7) is 9.01. The summed E-state index contributed by atoms with van der Waals surface area (Å²) in [5.74, 6) is 0.545. The van der Waals surface area contributed by atoms with Crippen LogP contribution in [-0.4, -0.2) is 36.2 Å². The Kier molecular flexibility index (Phi) is 5.88. The zero-order chi connectivity index (χ0) is 16.9. The Morgan fingerprint density at radius 3 is 2.83 bits per heavy atom. The van der Waals surface area contributed by atoms with Crippen molar-refractivity contribution in [2.75, 3.05) is 25.4 Å². The molecule has 1 aliphatic heterocycles. The molecule has 1 fully saturated rings. The zero-order valence-electron chi connectivity index (χ0n) is 14.5. The Hall–Kier alpha value is -1.75. The molecule has 1 heterocycles. The summed E-state index contributed by atoms with van der Waals surface area (Å²) >= 11 is 0. The molecule has 1 aliphatic rings. The summed E-state index contributed by atoms with van der Waals surface area (Å²) in [4.78, 5) is 13.9. The molecule has 5 heteroatoms. The minimum atomic E-state index is -0.424. The fourth-order valence-electron chi connectivity index (χ4n) is 2.79. The number of nitrogens with one attached hydrogen (secondary N) is 1. The number of hydrogen-bond acceptors (Lipinski definition) is 4. The molecule has 0 bridgehead atoms. The van der Waals surface area contributed by atoms with Crippen LogP contribution in [0.15, 0.2) is 24.3 Å². The Labute approximate surface area is 139 Å². The van der Waals surface area contributed by atoms with E-state index < -0.39 is 5.60 Å². The van der Waals surface area contributed by atoms with Gasteiger partial charge in [0.2, 0.25) is 0 Å². The molecule has 1 saturated heterocycles. The molecule has 2 rings (SSSR count). The maximum absolute atomic E-state index is 12.0. The van der Waals surface area contributed by atoms with Crippen molar-refractivity contribution in [1.82, 2.24) is 10.2 Å². The Balaban J connectivity index is 1.66. The van der Waals surface area contributed by atoms with Crippen LogP contribution in [0.25, 0.3) is 0 Å². The first-order valence-electron chi connectivity index (χ1n) is 8.37. The molecule has 1 atom stereocenters. The van der Waals surface area contributed by atoms with Crippen LogP contribution in [0.4, 0.5) is 10.5 Å². The first-order valence-corrected chi connectivity index (χ1v) is 8.37. The molecule has 1 aromatic carbocycles. The first kappa shape index (κ1) is 17.6. The van der Waals surface area contributed by atoms with Crippen LogP contribution in [0.1, 0.15) is 39.2 Å². The predicted octanol–water partition coefficient (Wildman–Crippen LogP) is 3.01. The van der Waals surface area contributed by atoms with Gasteiger partial charge < -0.3 is 20.7 Å². The lowest BCUT2D eigenvalue weighted by atomic mass is 10.1. The number of amides is 1. The highest BCUT2D eigenvalue weighted by atomic mass is 16.6. The smallest absolute Gasteiger partial charge is 0.410 e. The summed E-state index contributed by atoms with van der Waals surface area (Å²) in [6.07, 6.45) is 1.92. The molecule has 0 aromatic heterocycles. The number of para-hydroxylation sites is 1. The van der Waals surface area contributed by atoms with Crippen molar-refractivity contribution in [2.24, 2.45) is 5.92 Å². The van der Waals surface area contributed by atoms with Gasteiger partial charge in [-0.25, -0.2) is 4.79 Å². The molecule has 1 unspecified atom stereocenters. The lowest BCUT2D eigenvalue weighted by Crippen LogP contribution is -2.35. The van der Waals surface area contributed by atoms with Crippen LogP contribution in [0.5, 0.6) is 0 Å². The van der Waals surface area contributed by atoms with Crippen LogP contribution in [-0.2, 0) is 11.3 Å². The second-order valence-corrected chi connectivity index (χ2v) is 7.25. The second kappa shape index (κ2) is 7.68. The predicted molar refractivity (Wildman–Crippen MR) is 93.1 cm³/mol. The quantitative estimate of drug-likeness (QED) is 0.647. The number of ether oxygens (including phenoxy) is 1. The number of carbonyl (C=O) groups excluding carboxylic acids is 1. The van der Waals surface area contributed by atoms with Crippen LogP contribution in [0, 0.1) is 5.92 Å². The van der Waals surface area contributed by atoms with E-state index >= 15 is 0 Å². The van der Waals surface area contributed by atoms with Crippen molar-refractivity contribution >= 4 is 11.8 Å². The largest absolute Gasteiger partial charge is 0.444 e. The van der Waals surface area contributed by atoms with Gasteiger partial charge in [0.1, 0.15) is 5.60 Å². The molecule has 0 aliphatic carbocycles. The van der Waals surface area contributed by atoms with Crippen LogP contribution in [0.2, 0.25) is 0 Å². The fraction of sp³-hybridized carbons (Fsp3) is 0.611. The number of nitrogens with two attached hydrogens (primary N) is 1. The summed E-state index contributed by atoms with van der Waals surface area (Å²) in [5, 5.41) is 3.44. The van der Waals surface area contributed by atoms with Gasteiger partial charge in [-0.15, -0.1) is 0 Å². The number of anilines is 1. The van der Waals surface area contributed by atoms with Gasteiger partial charge in [0.15, 0.2) is 0 Å². The highest BCUT2D eigenvalue weighted by molar-refractivity contribution is 5.68. The molecule has 0 spiro atoms. The molecule has 0 saturated carbocycles. The van der Waals surface area contributed by atoms with Crippen molar-refractivity contribution in [3.8, 4) is 0 Å². The van der Waals surface area contributed by atoms with Gasteiger partial charge in [-0.05, 0) is 57.7 Å². The average molecular weight is 319 g/mol. The summed E-state index contributed by atoms with van der Waals surface area (Å²) in [6, 6.07) is 7.92. The van der Waals surface area contributed by atoms with E-state index in [-0.39, 0.29) is 6.09 Å². The van der Waals surface area contributed by atoms with Crippen molar-refractivity contribution in [2.45, 2.75) is 45.8 Å². The molecule has 0 radical (unpaired) electrons. The number of nitrogens with zero attached hydrogens (tertiary/aromatic N) is 1. The van der Waals surface area contributed by atoms with Crippen LogP contribution in [0.3, 0.4) is 0 Å². The molecule has 1 amide bonds. The standard InChI is InChI=1S/C18H29N3O2/c1-18(2,3)23-17(22)21-11-9-14(13-21)8-10-20-12-15-6-4-5-7-16(15)19/h4-7,14,20H,8-13,19H2,1-3H3. The Morgan fingerprint density at radius 2 is 2.13 bits per heavy atom. The van der Waals surface area contributed by atoms with Crippen molar-refractivity contribution < 1.29 is 9.53 Å². The summed E-state index contributed by atoms with van der Waals surface area (Å²) in [5.41, 5.74) is 7.47. The third-order valence-electron chi connectivity index (χ3n) is 4.04. The van der Waals surface area contributed by atoms with Crippen molar-refractivity contribution in [1.29, 1.82) is 0 Å². The molecule has 1 aromatic rings. The van der Waals surface area contributed by atoms with E-state index in [9.17, 15) is 4.79 Å². The number of hydrogen-bond donors (Lipinski definition) is 2. The number of likely N-dealkylation sites (tertiary alicyclic amines) is 1. The lowest BCUT2D eigenvalue weighted by molar-refractivity contribution is 0.0287. The van der Waals surface area contributed by atoms with Gasteiger partial charge in [0.25, 0.3) is 0 Å². The molecular weight excluding hydrogens is 290 g/mol. The highest BCUT2D eigenvalue weighted by Gasteiger charge is 2.29. The summed E-state index contributed by atoms with van der Waals surface area (Å²) in [7, 11) is 0. The molecule has 128 valence electrons. The second-order valence-electron chi connectivity index (χ2n) is 7.25. The van der Waals surface area contributed by atoms with Gasteiger partial charge >= 0.3 is 6.09 Å². The molecule has 5 nitrogen and oxygen atoms in total. The minimum absolute atomic E-state index is 0.190.